The van der Waals surface area contributed by atoms with E-state index in [9.17, 15) is 9.90 Å². The first-order chi connectivity index (χ1) is 10.1. The molecule has 0 heterocycles. The van der Waals surface area contributed by atoms with Crippen LogP contribution < -0.4 is 5.32 Å². The third-order valence-corrected chi connectivity index (χ3v) is 3.24. The van der Waals surface area contributed by atoms with Gasteiger partial charge in [0.1, 0.15) is 0 Å². The zero-order valence-electron chi connectivity index (χ0n) is 13.1. The highest BCUT2D eigenvalue weighted by molar-refractivity contribution is 5.95. The summed E-state index contributed by atoms with van der Waals surface area (Å²) in [5, 5.41) is 12.3. The summed E-state index contributed by atoms with van der Waals surface area (Å²) >= 11 is 0. The van der Waals surface area contributed by atoms with Crippen molar-refractivity contribution in [3.63, 3.8) is 0 Å². The molecule has 4 heteroatoms. The summed E-state index contributed by atoms with van der Waals surface area (Å²) in [5.74, 6) is -0.128. The quantitative estimate of drug-likeness (QED) is 0.723. The second kappa shape index (κ2) is 9.32. The first-order valence-corrected chi connectivity index (χ1v) is 7.29. The van der Waals surface area contributed by atoms with Crippen molar-refractivity contribution in [2.75, 3.05) is 20.3 Å². The molecule has 0 aliphatic heterocycles. The summed E-state index contributed by atoms with van der Waals surface area (Å²) in [5.41, 5.74) is 3.27. The molecule has 0 spiro atoms. The number of aliphatic hydroxyl groups is 1. The average molecular weight is 291 g/mol. The van der Waals surface area contributed by atoms with Crippen LogP contribution >= 0.6 is 0 Å². The van der Waals surface area contributed by atoms with Gasteiger partial charge in [-0.05, 0) is 30.9 Å². The van der Waals surface area contributed by atoms with Crippen LogP contribution in [0, 0.1) is 6.92 Å². The normalized spacial score (nSPS) is 13.0. The number of carbonyl (C=O) groups is 1. The van der Waals surface area contributed by atoms with E-state index in [1.807, 2.05) is 38.1 Å². The predicted octanol–water partition coefficient (Wildman–Crippen LogP) is 2.30. The maximum atomic E-state index is 11.9. The topological polar surface area (TPSA) is 58.6 Å². The molecular formula is C17H25NO3. The maximum absolute atomic E-state index is 11.9. The minimum Gasteiger partial charge on any atom is -0.391 e. The number of aliphatic hydroxyl groups excluding tert-OH is 1. The van der Waals surface area contributed by atoms with E-state index in [2.05, 4.69) is 5.32 Å². The summed E-state index contributed by atoms with van der Waals surface area (Å²) in [6.07, 6.45) is 2.37. The van der Waals surface area contributed by atoms with Gasteiger partial charge in [0.15, 0.2) is 0 Å². The molecule has 0 aliphatic rings. The summed E-state index contributed by atoms with van der Waals surface area (Å²) in [6, 6.07) is 8.14. The minimum atomic E-state index is -0.540. The fourth-order valence-corrected chi connectivity index (χ4v) is 2.00. The zero-order valence-corrected chi connectivity index (χ0v) is 13.1. The molecule has 2 N–H and O–H groups in total. The third kappa shape index (κ3) is 6.56. The van der Waals surface area contributed by atoms with Gasteiger partial charge in [-0.2, -0.15) is 0 Å². The van der Waals surface area contributed by atoms with Crippen LogP contribution in [0.3, 0.4) is 0 Å². The molecule has 1 amide bonds. The standard InChI is InChI=1S/C17H25NO3/c1-4-14(15-7-5-13(2)6-8-15)11-17(20)18-10-9-16(19)12-21-3/h5-8,11,16,19H,4,9-10,12H2,1-3H3,(H,18,20)/b14-11-. The van der Waals surface area contributed by atoms with E-state index in [4.69, 9.17) is 4.74 Å². The fraction of sp³-hybridized carbons (Fsp3) is 0.471. The number of amides is 1. The van der Waals surface area contributed by atoms with Gasteiger partial charge in [-0.15, -0.1) is 0 Å². The highest BCUT2D eigenvalue weighted by atomic mass is 16.5. The maximum Gasteiger partial charge on any atom is 0.244 e. The first kappa shape index (κ1) is 17.4. The highest BCUT2D eigenvalue weighted by Crippen LogP contribution is 2.18. The van der Waals surface area contributed by atoms with Crippen LogP contribution in [0.5, 0.6) is 0 Å². The van der Waals surface area contributed by atoms with Crippen LogP contribution in [0.2, 0.25) is 0 Å². The summed E-state index contributed by atoms with van der Waals surface area (Å²) in [7, 11) is 1.54. The molecule has 1 unspecified atom stereocenters. The van der Waals surface area contributed by atoms with Crippen LogP contribution in [-0.4, -0.2) is 37.4 Å². The molecule has 4 nitrogen and oxygen atoms in total. The molecule has 0 aliphatic carbocycles. The third-order valence-electron chi connectivity index (χ3n) is 3.24. The molecule has 21 heavy (non-hydrogen) atoms. The van der Waals surface area contributed by atoms with Crippen molar-refractivity contribution in [3.05, 3.63) is 41.5 Å². The monoisotopic (exact) mass is 291 g/mol. The van der Waals surface area contributed by atoms with Gasteiger partial charge in [0.2, 0.25) is 5.91 Å². The molecule has 0 radical (unpaired) electrons. The molecule has 0 bridgehead atoms. The Hall–Kier alpha value is -1.65. The minimum absolute atomic E-state index is 0.128. The number of rotatable bonds is 8. The number of benzene rings is 1. The largest absolute Gasteiger partial charge is 0.391 e. The van der Waals surface area contributed by atoms with Crippen LogP contribution in [-0.2, 0) is 9.53 Å². The number of carbonyl (C=O) groups excluding carboxylic acids is 1. The van der Waals surface area contributed by atoms with Gasteiger partial charge >= 0.3 is 0 Å². The number of nitrogens with one attached hydrogen (secondary N) is 1. The van der Waals surface area contributed by atoms with E-state index >= 15 is 0 Å². The number of aryl methyl sites for hydroxylation is 1. The van der Waals surface area contributed by atoms with Crippen molar-refractivity contribution in [1.29, 1.82) is 0 Å². The Balaban J connectivity index is 2.54. The molecule has 0 aromatic heterocycles. The van der Waals surface area contributed by atoms with E-state index in [0.717, 1.165) is 17.6 Å². The molecule has 1 aromatic rings. The van der Waals surface area contributed by atoms with E-state index in [-0.39, 0.29) is 12.5 Å². The Morgan fingerprint density at radius 2 is 2.05 bits per heavy atom. The van der Waals surface area contributed by atoms with Crippen molar-refractivity contribution in [2.24, 2.45) is 0 Å². The first-order valence-electron chi connectivity index (χ1n) is 7.29. The van der Waals surface area contributed by atoms with E-state index in [1.165, 1.54) is 5.56 Å². The molecule has 1 aromatic carbocycles. The lowest BCUT2D eigenvalue weighted by atomic mass is 10.0. The molecule has 1 rings (SSSR count). The SMILES string of the molecule is CC/C(=C/C(=O)NCCC(O)COC)c1ccc(C)cc1. The van der Waals surface area contributed by atoms with Crippen molar-refractivity contribution in [2.45, 2.75) is 32.8 Å². The number of hydrogen-bond donors (Lipinski definition) is 2. The van der Waals surface area contributed by atoms with Gasteiger partial charge in [-0.3, -0.25) is 4.79 Å². The van der Waals surface area contributed by atoms with Crippen molar-refractivity contribution in [1.82, 2.24) is 5.32 Å². The predicted molar refractivity (Wildman–Crippen MR) is 85.0 cm³/mol. The van der Waals surface area contributed by atoms with Gasteiger partial charge in [0, 0.05) is 19.7 Å². The Kier molecular flexibility index (Phi) is 7.72. The summed E-state index contributed by atoms with van der Waals surface area (Å²) in [4.78, 5) is 11.9. The Bertz CT molecular complexity index is 465. The van der Waals surface area contributed by atoms with Gasteiger partial charge in [0.25, 0.3) is 0 Å². The molecule has 116 valence electrons. The van der Waals surface area contributed by atoms with Crippen molar-refractivity contribution < 1.29 is 14.6 Å². The molecule has 0 saturated heterocycles. The second-order valence-electron chi connectivity index (χ2n) is 5.08. The van der Waals surface area contributed by atoms with Gasteiger partial charge < -0.3 is 15.2 Å². The fourth-order valence-electron chi connectivity index (χ4n) is 2.00. The number of allylic oxidation sites excluding steroid dienone is 1. The van der Waals surface area contributed by atoms with Gasteiger partial charge in [-0.1, -0.05) is 36.8 Å². The number of hydrogen-bond acceptors (Lipinski definition) is 3. The lowest BCUT2D eigenvalue weighted by Crippen LogP contribution is -2.27. The average Bonchev–Trinajstić information content (AvgIpc) is 2.46. The number of methoxy groups -OCH3 is 1. The highest BCUT2D eigenvalue weighted by Gasteiger charge is 2.06. The van der Waals surface area contributed by atoms with Crippen molar-refractivity contribution in [3.8, 4) is 0 Å². The zero-order chi connectivity index (χ0) is 15.7. The number of ether oxygens (including phenoxy) is 1. The van der Waals surface area contributed by atoms with Gasteiger partial charge in [0.05, 0.1) is 12.7 Å². The van der Waals surface area contributed by atoms with Crippen LogP contribution in [0.4, 0.5) is 0 Å². The van der Waals surface area contributed by atoms with Gasteiger partial charge in [-0.25, -0.2) is 0 Å². The smallest absolute Gasteiger partial charge is 0.244 e. The van der Waals surface area contributed by atoms with E-state index < -0.39 is 6.10 Å². The lowest BCUT2D eigenvalue weighted by Gasteiger charge is -2.10. The van der Waals surface area contributed by atoms with Crippen LogP contribution in [0.25, 0.3) is 5.57 Å². The lowest BCUT2D eigenvalue weighted by molar-refractivity contribution is -0.116. The van der Waals surface area contributed by atoms with E-state index in [1.54, 1.807) is 13.2 Å². The van der Waals surface area contributed by atoms with Crippen LogP contribution in [0.1, 0.15) is 30.9 Å². The Morgan fingerprint density at radius 1 is 1.38 bits per heavy atom. The molecule has 0 saturated carbocycles. The Labute approximate surface area is 126 Å². The van der Waals surface area contributed by atoms with Crippen LogP contribution in [0.15, 0.2) is 30.3 Å². The second-order valence-corrected chi connectivity index (χ2v) is 5.08. The Morgan fingerprint density at radius 3 is 2.62 bits per heavy atom. The summed E-state index contributed by atoms with van der Waals surface area (Å²) in [6.45, 7) is 4.79. The molecular weight excluding hydrogens is 266 g/mol. The van der Waals surface area contributed by atoms with E-state index in [0.29, 0.717) is 13.0 Å². The molecule has 1 atom stereocenters. The van der Waals surface area contributed by atoms with Crippen molar-refractivity contribution >= 4 is 11.5 Å². The molecule has 0 fully saturated rings. The summed E-state index contributed by atoms with van der Waals surface area (Å²) < 4.78 is 4.84.